The molecule has 0 aliphatic carbocycles. The first kappa shape index (κ1) is 15.6. The van der Waals surface area contributed by atoms with Gasteiger partial charge in [-0.15, -0.1) is 23.1 Å². The Morgan fingerprint density at radius 2 is 1.75 bits per heavy atom. The van der Waals surface area contributed by atoms with Crippen LogP contribution >= 0.6 is 23.1 Å². The van der Waals surface area contributed by atoms with Crippen LogP contribution in [-0.2, 0) is 5.75 Å². The van der Waals surface area contributed by atoms with Gasteiger partial charge in [0.1, 0.15) is 0 Å². The second kappa shape index (κ2) is 6.79. The molecule has 2 atom stereocenters. The predicted molar refractivity (Wildman–Crippen MR) is 92.7 cm³/mol. The van der Waals surface area contributed by atoms with Gasteiger partial charge in [-0.2, -0.15) is 0 Å². The molecule has 20 heavy (non-hydrogen) atoms. The van der Waals surface area contributed by atoms with E-state index in [0.29, 0.717) is 5.25 Å². The van der Waals surface area contributed by atoms with E-state index in [1.165, 1.54) is 26.4 Å². The third kappa shape index (κ3) is 4.11. The summed E-state index contributed by atoms with van der Waals surface area (Å²) in [5.41, 5.74) is 10.3. The maximum Gasteiger partial charge on any atom is 0.0542 e. The lowest BCUT2D eigenvalue weighted by molar-refractivity contribution is 0.730. The molecule has 0 amide bonds. The fourth-order valence-corrected chi connectivity index (χ4v) is 4.85. The monoisotopic (exact) mass is 305 g/mol. The van der Waals surface area contributed by atoms with Gasteiger partial charge in [-0.05, 0) is 45.4 Å². The first-order valence-electron chi connectivity index (χ1n) is 6.96. The molecule has 0 bridgehead atoms. The van der Waals surface area contributed by atoms with Crippen molar-refractivity contribution in [1.29, 1.82) is 0 Å². The molecule has 0 saturated carbocycles. The molecule has 2 rings (SSSR count). The van der Waals surface area contributed by atoms with Gasteiger partial charge >= 0.3 is 0 Å². The second-order valence-electron chi connectivity index (χ2n) is 5.54. The maximum atomic E-state index is 6.19. The summed E-state index contributed by atoms with van der Waals surface area (Å²) in [6.07, 6.45) is 0. The molecule has 108 valence electrons. The number of rotatable bonds is 5. The van der Waals surface area contributed by atoms with Gasteiger partial charge in [0.05, 0.1) is 5.25 Å². The largest absolute Gasteiger partial charge is 0.327 e. The zero-order valence-electron chi connectivity index (χ0n) is 12.6. The highest BCUT2D eigenvalue weighted by Gasteiger charge is 2.18. The summed E-state index contributed by atoms with van der Waals surface area (Å²) in [6.45, 7) is 8.58. The van der Waals surface area contributed by atoms with E-state index in [1.54, 1.807) is 0 Å². The SMILES string of the molecule is Cc1cc(C)cc(CSC(c2ccc(C)s2)C(C)N)c1. The Morgan fingerprint density at radius 3 is 2.25 bits per heavy atom. The zero-order chi connectivity index (χ0) is 14.7. The number of hydrogen-bond acceptors (Lipinski definition) is 3. The van der Waals surface area contributed by atoms with Gasteiger partial charge in [-0.25, -0.2) is 0 Å². The minimum atomic E-state index is 0.170. The molecular weight excluding hydrogens is 282 g/mol. The summed E-state index contributed by atoms with van der Waals surface area (Å²) in [5.74, 6) is 1.02. The standard InChI is InChI=1S/C17H23NS2/c1-11-7-12(2)9-15(8-11)10-19-17(14(4)18)16-6-5-13(3)20-16/h5-9,14,17H,10,18H2,1-4H3. The van der Waals surface area contributed by atoms with Crippen LogP contribution in [0.3, 0.4) is 0 Å². The number of hydrogen-bond donors (Lipinski definition) is 1. The van der Waals surface area contributed by atoms with Gasteiger partial charge in [0.2, 0.25) is 0 Å². The summed E-state index contributed by atoms with van der Waals surface area (Å²) in [6, 6.07) is 11.4. The molecule has 0 aliphatic rings. The van der Waals surface area contributed by atoms with E-state index < -0.39 is 0 Å². The highest BCUT2D eigenvalue weighted by molar-refractivity contribution is 7.98. The number of nitrogens with two attached hydrogens (primary N) is 1. The topological polar surface area (TPSA) is 26.0 Å². The molecule has 0 fully saturated rings. The van der Waals surface area contributed by atoms with Gasteiger partial charge in [-0.1, -0.05) is 29.3 Å². The lowest BCUT2D eigenvalue weighted by atomic mass is 10.1. The van der Waals surface area contributed by atoms with Crippen LogP contribution in [-0.4, -0.2) is 6.04 Å². The van der Waals surface area contributed by atoms with Gasteiger partial charge in [0, 0.05) is 21.5 Å². The van der Waals surface area contributed by atoms with Crippen molar-refractivity contribution < 1.29 is 0 Å². The fourth-order valence-electron chi connectivity index (χ4n) is 2.44. The molecule has 0 spiro atoms. The van der Waals surface area contributed by atoms with Crippen molar-refractivity contribution in [2.75, 3.05) is 0 Å². The van der Waals surface area contributed by atoms with E-state index in [1.807, 2.05) is 23.1 Å². The lowest BCUT2D eigenvalue weighted by Crippen LogP contribution is -2.22. The third-order valence-electron chi connectivity index (χ3n) is 3.23. The van der Waals surface area contributed by atoms with Crippen molar-refractivity contribution >= 4 is 23.1 Å². The number of aryl methyl sites for hydroxylation is 3. The van der Waals surface area contributed by atoms with Crippen LogP contribution < -0.4 is 5.73 Å². The third-order valence-corrected chi connectivity index (χ3v) is 6.01. The molecule has 0 saturated heterocycles. The van der Waals surface area contributed by atoms with E-state index in [2.05, 4.69) is 58.0 Å². The van der Waals surface area contributed by atoms with Gasteiger partial charge < -0.3 is 5.73 Å². The second-order valence-corrected chi connectivity index (χ2v) is 7.98. The van der Waals surface area contributed by atoms with Crippen molar-refractivity contribution in [3.63, 3.8) is 0 Å². The van der Waals surface area contributed by atoms with Crippen LogP contribution in [0.15, 0.2) is 30.3 Å². The first-order chi connectivity index (χ1) is 9.45. The van der Waals surface area contributed by atoms with Crippen molar-refractivity contribution in [3.05, 3.63) is 56.8 Å². The quantitative estimate of drug-likeness (QED) is 0.841. The minimum Gasteiger partial charge on any atom is -0.327 e. The van der Waals surface area contributed by atoms with E-state index in [9.17, 15) is 0 Å². The Hall–Kier alpha value is -0.770. The summed E-state index contributed by atoms with van der Waals surface area (Å²) >= 11 is 3.82. The van der Waals surface area contributed by atoms with Gasteiger partial charge in [0.15, 0.2) is 0 Å². The van der Waals surface area contributed by atoms with Crippen LogP contribution in [0.25, 0.3) is 0 Å². The van der Waals surface area contributed by atoms with Crippen molar-refractivity contribution in [1.82, 2.24) is 0 Å². The zero-order valence-corrected chi connectivity index (χ0v) is 14.3. The number of thiophene rings is 1. The summed E-state index contributed by atoms with van der Waals surface area (Å²) < 4.78 is 0. The van der Waals surface area contributed by atoms with E-state index in [-0.39, 0.29) is 6.04 Å². The molecule has 3 heteroatoms. The molecular formula is C17H23NS2. The molecule has 1 aromatic carbocycles. The van der Waals surface area contributed by atoms with Crippen LogP contribution in [0.2, 0.25) is 0 Å². The summed E-state index contributed by atoms with van der Waals surface area (Å²) in [4.78, 5) is 2.75. The van der Waals surface area contributed by atoms with Crippen molar-refractivity contribution in [2.24, 2.45) is 5.73 Å². The minimum absolute atomic E-state index is 0.170. The molecule has 0 radical (unpaired) electrons. The Kier molecular flexibility index (Phi) is 5.30. The molecule has 1 nitrogen and oxygen atoms in total. The Balaban J connectivity index is 2.09. The van der Waals surface area contributed by atoms with Crippen molar-refractivity contribution in [3.8, 4) is 0 Å². The summed E-state index contributed by atoms with van der Waals surface area (Å²) in [7, 11) is 0. The average molecular weight is 306 g/mol. The average Bonchev–Trinajstić information content (AvgIpc) is 2.74. The van der Waals surface area contributed by atoms with Crippen LogP contribution in [0.4, 0.5) is 0 Å². The summed E-state index contributed by atoms with van der Waals surface area (Å²) in [5, 5.41) is 0.384. The maximum absolute atomic E-state index is 6.19. The van der Waals surface area contributed by atoms with Crippen LogP contribution in [0.1, 0.15) is 38.6 Å². The molecule has 2 aromatic rings. The van der Waals surface area contributed by atoms with Crippen molar-refractivity contribution in [2.45, 2.75) is 44.7 Å². The Morgan fingerprint density at radius 1 is 1.10 bits per heavy atom. The number of thioether (sulfide) groups is 1. The molecule has 2 N–H and O–H groups in total. The van der Waals surface area contributed by atoms with Gasteiger partial charge in [-0.3, -0.25) is 0 Å². The smallest absolute Gasteiger partial charge is 0.0542 e. The lowest BCUT2D eigenvalue weighted by Gasteiger charge is -2.19. The van der Waals surface area contributed by atoms with Crippen LogP contribution in [0.5, 0.6) is 0 Å². The predicted octanol–water partition coefficient (Wildman–Crippen LogP) is 5.00. The first-order valence-corrected chi connectivity index (χ1v) is 8.83. The molecule has 1 heterocycles. The van der Waals surface area contributed by atoms with E-state index >= 15 is 0 Å². The normalized spacial score (nSPS) is 14.2. The van der Waals surface area contributed by atoms with Crippen LogP contribution in [0, 0.1) is 20.8 Å². The molecule has 2 unspecified atom stereocenters. The van der Waals surface area contributed by atoms with Gasteiger partial charge in [0.25, 0.3) is 0 Å². The van der Waals surface area contributed by atoms with E-state index in [4.69, 9.17) is 5.73 Å². The molecule has 0 aliphatic heterocycles. The fraction of sp³-hybridized carbons (Fsp3) is 0.412. The number of benzene rings is 1. The highest BCUT2D eigenvalue weighted by Crippen LogP contribution is 2.37. The Labute approximate surface area is 130 Å². The van der Waals surface area contributed by atoms with E-state index in [0.717, 1.165) is 5.75 Å². The Bertz CT molecular complexity index is 552. The highest BCUT2D eigenvalue weighted by atomic mass is 32.2. The molecule has 1 aromatic heterocycles.